The minimum atomic E-state index is 0.420. The number of anilines is 1. The predicted octanol–water partition coefficient (Wildman–Crippen LogP) is 0.216. The standard InChI is InChI=1S/C9H13N5S/c10-13-9(15)7-5-11-6-8(12-7)14-3-1-2-4-14/h5-6H,1-4,10H2,(H,13,15). The smallest absolute Gasteiger partial charge is 0.147 e. The van der Waals surface area contributed by atoms with Gasteiger partial charge in [-0.3, -0.25) is 4.98 Å². The fraction of sp³-hybridized carbons (Fsp3) is 0.444. The minimum Gasteiger partial charge on any atom is -0.355 e. The Hall–Kier alpha value is -1.27. The molecule has 1 aromatic heterocycles. The quantitative estimate of drug-likeness (QED) is 0.424. The maximum Gasteiger partial charge on any atom is 0.147 e. The van der Waals surface area contributed by atoms with Crippen LogP contribution in [0.4, 0.5) is 5.82 Å². The molecule has 5 nitrogen and oxygen atoms in total. The Balaban J connectivity index is 2.21. The van der Waals surface area contributed by atoms with E-state index in [9.17, 15) is 0 Å². The number of thiocarbonyl (C=S) groups is 1. The largest absolute Gasteiger partial charge is 0.355 e. The molecule has 1 saturated heterocycles. The van der Waals surface area contributed by atoms with E-state index < -0.39 is 0 Å². The number of hydrogen-bond acceptors (Lipinski definition) is 5. The minimum absolute atomic E-state index is 0.420. The van der Waals surface area contributed by atoms with E-state index in [0.717, 1.165) is 18.9 Å². The first-order valence-electron chi connectivity index (χ1n) is 4.89. The van der Waals surface area contributed by atoms with E-state index in [1.54, 1.807) is 12.4 Å². The van der Waals surface area contributed by atoms with Crippen molar-refractivity contribution >= 4 is 23.0 Å². The molecule has 15 heavy (non-hydrogen) atoms. The molecular weight excluding hydrogens is 210 g/mol. The fourth-order valence-corrected chi connectivity index (χ4v) is 1.74. The molecule has 1 fully saturated rings. The SMILES string of the molecule is NNC(=S)c1cncc(N2CCCC2)n1. The van der Waals surface area contributed by atoms with Gasteiger partial charge in [-0.25, -0.2) is 10.8 Å². The molecule has 0 aromatic carbocycles. The summed E-state index contributed by atoms with van der Waals surface area (Å²) in [5.74, 6) is 6.11. The highest BCUT2D eigenvalue weighted by molar-refractivity contribution is 7.80. The second kappa shape index (κ2) is 4.50. The topological polar surface area (TPSA) is 67.1 Å². The first kappa shape index (κ1) is 10.3. The van der Waals surface area contributed by atoms with Gasteiger partial charge in [0.1, 0.15) is 16.5 Å². The van der Waals surface area contributed by atoms with E-state index in [-0.39, 0.29) is 0 Å². The third-order valence-electron chi connectivity index (χ3n) is 2.42. The van der Waals surface area contributed by atoms with E-state index in [2.05, 4.69) is 20.3 Å². The molecule has 1 aromatic rings. The van der Waals surface area contributed by atoms with Crippen molar-refractivity contribution in [3.05, 3.63) is 18.1 Å². The van der Waals surface area contributed by atoms with E-state index in [1.807, 2.05) is 0 Å². The van der Waals surface area contributed by atoms with Crippen molar-refractivity contribution in [3.8, 4) is 0 Å². The Labute approximate surface area is 93.7 Å². The van der Waals surface area contributed by atoms with E-state index in [0.29, 0.717) is 10.7 Å². The van der Waals surface area contributed by atoms with Gasteiger partial charge in [0.15, 0.2) is 0 Å². The van der Waals surface area contributed by atoms with Gasteiger partial charge >= 0.3 is 0 Å². The van der Waals surface area contributed by atoms with Crippen LogP contribution in [0.15, 0.2) is 12.4 Å². The van der Waals surface area contributed by atoms with Gasteiger partial charge < -0.3 is 10.3 Å². The third kappa shape index (κ3) is 2.21. The van der Waals surface area contributed by atoms with Gasteiger partial charge in [0.25, 0.3) is 0 Å². The number of aromatic nitrogens is 2. The molecule has 0 atom stereocenters. The van der Waals surface area contributed by atoms with Crippen molar-refractivity contribution in [2.45, 2.75) is 12.8 Å². The zero-order valence-electron chi connectivity index (χ0n) is 8.31. The second-order valence-electron chi connectivity index (χ2n) is 3.43. The van der Waals surface area contributed by atoms with Gasteiger partial charge in [-0.1, -0.05) is 12.2 Å². The molecule has 0 aliphatic carbocycles. The summed E-state index contributed by atoms with van der Waals surface area (Å²) in [6.45, 7) is 2.09. The molecule has 6 heteroatoms. The normalized spacial score (nSPS) is 15.4. The summed E-state index contributed by atoms with van der Waals surface area (Å²) in [5, 5.41) is 0. The van der Waals surface area contributed by atoms with Crippen LogP contribution in [0, 0.1) is 0 Å². The molecule has 0 bridgehead atoms. The van der Waals surface area contributed by atoms with Gasteiger partial charge in [-0.15, -0.1) is 0 Å². The Kier molecular flexibility index (Phi) is 3.08. The van der Waals surface area contributed by atoms with Crippen LogP contribution < -0.4 is 16.2 Å². The molecule has 80 valence electrons. The van der Waals surface area contributed by atoms with Crippen LogP contribution in [0.5, 0.6) is 0 Å². The van der Waals surface area contributed by atoms with Crippen molar-refractivity contribution in [2.24, 2.45) is 5.84 Å². The third-order valence-corrected chi connectivity index (χ3v) is 2.74. The Morgan fingerprint density at radius 3 is 2.80 bits per heavy atom. The predicted molar refractivity (Wildman–Crippen MR) is 62.5 cm³/mol. The van der Waals surface area contributed by atoms with Crippen LogP contribution in [0.1, 0.15) is 18.5 Å². The molecular formula is C9H13N5S. The van der Waals surface area contributed by atoms with E-state index in [1.165, 1.54) is 12.8 Å². The van der Waals surface area contributed by atoms with Crippen molar-refractivity contribution in [1.82, 2.24) is 15.4 Å². The number of nitrogens with one attached hydrogen (secondary N) is 1. The van der Waals surface area contributed by atoms with Crippen molar-refractivity contribution in [2.75, 3.05) is 18.0 Å². The van der Waals surface area contributed by atoms with Crippen molar-refractivity contribution in [1.29, 1.82) is 0 Å². The Bertz CT molecular complexity index is 361. The number of hydrogen-bond donors (Lipinski definition) is 2. The lowest BCUT2D eigenvalue weighted by Crippen LogP contribution is -2.30. The van der Waals surface area contributed by atoms with Crippen LogP contribution in [-0.4, -0.2) is 28.0 Å². The fourth-order valence-electron chi connectivity index (χ4n) is 1.64. The van der Waals surface area contributed by atoms with Gasteiger partial charge in [-0.05, 0) is 12.8 Å². The Morgan fingerprint density at radius 2 is 2.13 bits per heavy atom. The molecule has 2 rings (SSSR count). The zero-order valence-corrected chi connectivity index (χ0v) is 9.13. The summed E-state index contributed by atoms with van der Waals surface area (Å²) in [4.78, 5) is 11.1. The molecule has 2 heterocycles. The first-order valence-corrected chi connectivity index (χ1v) is 5.30. The molecule has 0 amide bonds. The zero-order chi connectivity index (χ0) is 10.7. The maximum absolute atomic E-state index is 5.24. The number of hydrazine groups is 1. The van der Waals surface area contributed by atoms with Crippen molar-refractivity contribution in [3.63, 3.8) is 0 Å². The monoisotopic (exact) mass is 223 g/mol. The lowest BCUT2D eigenvalue weighted by molar-refractivity contribution is 0.920. The van der Waals surface area contributed by atoms with E-state index in [4.69, 9.17) is 18.1 Å². The first-order chi connectivity index (χ1) is 7.31. The van der Waals surface area contributed by atoms with Crippen LogP contribution in [-0.2, 0) is 0 Å². The summed E-state index contributed by atoms with van der Waals surface area (Å²) in [6.07, 6.45) is 5.80. The molecule has 1 aliphatic rings. The highest BCUT2D eigenvalue weighted by Gasteiger charge is 2.14. The molecule has 3 N–H and O–H groups in total. The summed E-state index contributed by atoms with van der Waals surface area (Å²) in [5.41, 5.74) is 3.03. The molecule has 0 saturated carbocycles. The van der Waals surface area contributed by atoms with Crippen LogP contribution in [0.25, 0.3) is 0 Å². The summed E-state index contributed by atoms with van der Waals surface area (Å²) in [7, 11) is 0. The molecule has 0 spiro atoms. The average molecular weight is 223 g/mol. The van der Waals surface area contributed by atoms with Gasteiger partial charge in [0.05, 0.1) is 12.4 Å². The van der Waals surface area contributed by atoms with Crippen molar-refractivity contribution < 1.29 is 0 Å². The highest BCUT2D eigenvalue weighted by atomic mass is 32.1. The molecule has 1 aliphatic heterocycles. The lowest BCUT2D eigenvalue weighted by Gasteiger charge is -2.16. The summed E-state index contributed by atoms with van der Waals surface area (Å²) >= 11 is 5.00. The van der Waals surface area contributed by atoms with Crippen LogP contribution in [0.3, 0.4) is 0 Å². The average Bonchev–Trinajstić information content (AvgIpc) is 2.82. The number of nitrogens with zero attached hydrogens (tertiary/aromatic N) is 3. The number of nitrogens with two attached hydrogens (primary N) is 1. The second-order valence-corrected chi connectivity index (χ2v) is 3.84. The maximum atomic E-state index is 5.24. The van der Waals surface area contributed by atoms with Gasteiger partial charge in [0.2, 0.25) is 0 Å². The highest BCUT2D eigenvalue weighted by Crippen LogP contribution is 2.16. The van der Waals surface area contributed by atoms with Crippen LogP contribution in [0.2, 0.25) is 0 Å². The van der Waals surface area contributed by atoms with Crippen LogP contribution >= 0.6 is 12.2 Å². The summed E-state index contributed by atoms with van der Waals surface area (Å²) in [6, 6.07) is 0. The summed E-state index contributed by atoms with van der Waals surface area (Å²) < 4.78 is 0. The Morgan fingerprint density at radius 1 is 1.40 bits per heavy atom. The molecule has 0 radical (unpaired) electrons. The van der Waals surface area contributed by atoms with E-state index >= 15 is 0 Å². The van der Waals surface area contributed by atoms with Gasteiger partial charge in [-0.2, -0.15) is 0 Å². The van der Waals surface area contributed by atoms with Gasteiger partial charge in [0, 0.05) is 13.1 Å². The molecule has 0 unspecified atom stereocenters. The number of rotatable bonds is 2. The lowest BCUT2D eigenvalue weighted by atomic mass is 10.4.